The van der Waals surface area contributed by atoms with E-state index >= 15 is 0 Å². The number of nitrogens with zero attached hydrogens (tertiary/aromatic N) is 1. The molecule has 0 aliphatic carbocycles. The maximum absolute atomic E-state index is 3.37. The lowest BCUT2D eigenvalue weighted by molar-refractivity contribution is 0.258. The van der Waals surface area contributed by atoms with E-state index in [2.05, 4.69) is 54.3 Å². The summed E-state index contributed by atoms with van der Waals surface area (Å²) in [6, 6.07) is 9.88. The molecule has 1 aliphatic rings. The first-order chi connectivity index (χ1) is 7.77. The summed E-state index contributed by atoms with van der Waals surface area (Å²) in [5, 5.41) is 1.38. The lowest BCUT2D eigenvalue weighted by Gasteiger charge is -2.23. The van der Waals surface area contributed by atoms with Crippen molar-refractivity contribution in [3.05, 3.63) is 36.0 Å². The SMILES string of the molecule is C[C@H]1CC[C@@H](c2c[nH]c3ccccc23)N1C. The third-order valence-electron chi connectivity index (χ3n) is 4.02. The number of rotatable bonds is 1. The lowest BCUT2D eigenvalue weighted by Crippen LogP contribution is -2.24. The Hall–Kier alpha value is -1.28. The van der Waals surface area contributed by atoms with Gasteiger partial charge in [-0.2, -0.15) is 0 Å². The van der Waals surface area contributed by atoms with Crippen molar-refractivity contribution < 1.29 is 0 Å². The molecule has 0 radical (unpaired) electrons. The van der Waals surface area contributed by atoms with Crippen LogP contribution in [0.25, 0.3) is 10.9 Å². The first-order valence-electron chi connectivity index (χ1n) is 6.05. The average molecular weight is 214 g/mol. The summed E-state index contributed by atoms with van der Waals surface area (Å²) in [7, 11) is 2.24. The Kier molecular flexibility index (Phi) is 2.25. The van der Waals surface area contributed by atoms with Gasteiger partial charge < -0.3 is 4.98 Å². The summed E-state index contributed by atoms with van der Waals surface area (Å²) in [4.78, 5) is 5.87. The molecule has 2 atom stereocenters. The van der Waals surface area contributed by atoms with Crippen LogP contribution < -0.4 is 0 Å². The van der Waals surface area contributed by atoms with E-state index in [1.807, 2.05) is 0 Å². The fraction of sp³-hybridized carbons (Fsp3) is 0.429. The van der Waals surface area contributed by atoms with Gasteiger partial charge in [0.1, 0.15) is 0 Å². The van der Waals surface area contributed by atoms with E-state index in [0.717, 1.165) is 0 Å². The van der Waals surface area contributed by atoms with Gasteiger partial charge in [-0.15, -0.1) is 0 Å². The zero-order valence-electron chi connectivity index (χ0n) is 9.90. The molecule has 2 nitrogen and oxygen atoms in total. The van der Waals surface area contributed by atoms with Crippen LogP contribution in [0.4, 0.5) is 0 Å². The first kappa shape index (κ1) is 9.91. The molecule has 0 saturated carbocycles. The Morgan fingerprint density at radius 1 is 1.25 bits per heavy atom. The Bertz CT molecular complexity index is 500. The van der Waals surface area contributed by atoms with E-state index in [-0.39, 0.29) is 0 Å². The van der Waals surface area contributed by atoms with Crippen molar-refractivity contribution in [1.82, 2.24) is 9.88 Å². The number of nitrogens with one attached hydrogen (secondary N) is 1. The van der Waals surface area contributed by atoms with Crippen molar-refractivity contribution in [3.63, 3.8) is 0 Å². The van der Waals surface area contributed by atoms with Gasteiger partial charge in [-0.3, -0.25) is 4.90 Å². The molecule has 0 amide bonds. The second-order valence-corrected chi connectivity index (χ2v) is 4.90. The van der Waals surface area contributed by atoms with Crippen LogP contribution in [-0.2, 0) is 0 Å². The maximum Gasteiger partial charge on any atom is 0.0457 e. The van der Waals surface area contributed by atoms with Gasteiger partial charge in [0.05, 0.1) is 0 Å². The molecule has 1 saturated heterocycles. The van der Waals surface area contributed by atoms with Crippen molar-refractivity contribution in [2.24, 2.45) is 0 Å². The Balaban J connectivity index is 2.06. The number of para-hydroxylation sites is 1. The molecule has 1 aliphatic heterocycles. The number of benzene rings is 1. The van der Waals surface area contributed by atoms with E-state index < -0.39 is 0 Å². The van der Waals surface area contributed by atoms with Crippen LogP contribution in [0, 0.1) is 0 Å². The topological polar surface area (TPSA) is 19.0 Å². The fourth-order valence-corrected chi connectivity index (χ4v) is 2.86. The molecule has 2 heteroatoms. The molecule has 0 bridgehead atoms. The number of likely N-dealkylation sites (tertiary alicyclic amines) is 1. The molecule has 2 heterocycles. The van der Waals surface area contributed by atoms with Crippen LogP contribution in [0.5, 0.6) is 0 Å². The van der Waals surface area contributed by atoms with E-state index in [4.69, 9.17) is 0 Å². The fourth-order valence-electron chi connectivity index (χ4n) is 2.86. The van der Waals surface area contributed by atoms with Crippen LogP contribution in [0.15, 0.2) is 30.5 Å². The minimum absolute atomic E-state index is 0.589. The Morgan fingerprint density at radius 3 is 2.81 bits per heavy atom. The summed E-state index contributed by atoms with van der Waals surface area (Å²) < 4.78 is 0. The summed E-state index contributed by atoms with van der Waals surface area (Å²) in [6.07, 6.45) is 4.77. The van der Waals surface area contributed by atoms with Gasteiger partial charge in [-0.25, -0.2) is 0 Å². The van der Waals surface area contributed by atoms with E-state index in [0.29, 0.717) is 12.1 Å². The number of H-pyrrole nitrogens is 1. The number of hydrogen-bond acceptors (Lipinski definition) is 1. The molecule has 0 unspecified atom stereocenters. The normalized spacial score (nSPS) is 26.6. The Labute approximate surface area is 96.3 Å². The highest BCUT2D eigenvalue weighted by Crippen LogP contribution is 2.37. The number of aromatic amines is 1. The molecule has 2 aromatic rings. The molecule has 84 valence electrons. The van der Waals surface area contributed by atoms with E-state index in [1.165, 1.54) is 29.3 Å². The molecule has 1 fully saturated rings. The number of fused-ring (bicyclic) bond motifs is 1. The first-order valence-corrected chi connectivity index (χ1v) is 6.05. The van der Waals surface area contributed by atoms with Gasteiger partial charge in [-0.05, 0) is 38.4 Å². The highest BCUT2D eigenvalue weighted by Gasteiger charge is 2.29. The van der Waals surface area contributed by atoms with Crippen LogP contribution in [0.2, 0.25) is 0 Å². The zero-order valence-corrected chi connectivity index (χ0v) is 9.90. The van der Waals surface area contributed by atoms with Crippen molar-refractivity contribution in [3.8, 4) is 0 Å². The van der Waals surface area contributed by atoms with Crippen molar-refractivity contribution >= 4 is 10.9 Å². The minimum Gasteiger partial charge on any atom is -0.361 e. The predicted octanol–water partition coefficient (Wildman–Crippen LogP) is 3.32. The monoisotopic (exact) mass is 214 g/mol. The van der Waals surface area contributed by atoms with Gasteiger partial charge in [-0.1, -0.05) is 18.2 Å². The third kappa shape index (κ3) is 1.37. The van der Waals surface area contributed by atoms with Gasteiger partial charge in [0, 0.05) is 29.2 Å². The largest absolute Gasteiger partial charge is 0.361 e. The molecule has 16 heavy (non-hydrogen) atoms. The molecule has 1 aromatic carbocycles. The van der Waals surface area contributed by atoms with E-state index in [1.54, 1.807) is 0 Å². The molecule has 0 spiro atoms. The smallest absolute Gasteiger partial charge is 0.0457 e. The number of hydrogen-bond donors (Lipinski definition) is 1. The summed E-state index contributed by atoms with van der Waals surface area (Å²) in [5.41, 5.74) is 2.72. The van der Waals surface area contributed by atoms with Crippen LogP contribution in [0.3, 0.4) is 0 Å². The second-order valence-electron chi connectivity index (χ2n) is 4.90. The lowest BCUT2D eigenvalue weighted by atomic mass is 10.0. The third-order valence-corrected chi connectivity index (χ3v) is 4.02. The molecule has 1 N–H and O–H groups in total. The zero-order chi connectivity index (χ0) is 11.1. The highest BCUT2D eigenvalue weighted by atomic mass is 15.2. The van der Waals surface area contributed by atoms with E-state index in [9.17, 15) is 0 Å². The van der Waals surface area contributed by atoms with Gasteiger partial charge >= 0.3 is 0 Å². The number of aromatic nitrogens is 1. The average Bonchev–Trinajstić information content (AvgIpc) is 2.85. The van der Waals surface area contributed by atoms with Gasteiger partial charge in [0.2, 0.25) is 0 Å². The molecule has 3 rings (SSSR count). The maximum atomic E-state index is 3.37. The Morgan fingerprint density at radius 2 is 2.06 bits per heavy atom. The van der Waals surface area contributed by atoms with Crippen LogP contribution in [0.1, 0.15) is 31.4 Å². The summed E-state index contributed by atoms with van der Waals surface area (Å²) >= 11 is 0. The summed E-state index contributed by atoms with van der Waals surface area (Å²) in [5.74, 6) is 0. The highest BCUT2D eigenvalue weighted by molar-refractivity contribution is 5.83. The molecular weight excluding hydrogens is 196 g/mol. The van der Waals surface area contributed by atoms with Gasteiger partial charge in [0.25, 0.3) is 0 Å². The predicted molar refractivity (Wildman–Crippen MR) is 67.5 cm³/mol. The van der Waals surface area contributed by atoms with Crippen LogP contribution >= 0.6 is 0 Å². The molecule has 1 aromatic heterocycles. The van der Waals surface area contributed by atoms with Crippen molar-refractivity contribution in [1.29, 1.82) is 0 Å². The summed E-state index contributed by atoms with van der Waals surface area (Å²) in [6.45, 7) is 2.31. The van der Waals surface area contributed by atoms with Crippen LogP contribution in [-0.4, -0.2) is 23.0 Å². The standard InChI is InChI=1S/C14H18N2/c1-10-7-8-14(16(10)2)12-9-15-13-6-4-3-5-11(12)13/h3-6,9-10,14-15H,7-8H2,1-2H3/t10-,14-/m0/s1. The van der Waals surface area contributed by atoms with Crippen molar-refractivity contribution in [2.75, 3.05) is 7.05 Å². The minimum atomic E-state index is 0.589. The van der Waals surface area contributed by atoms with Crippen molar-refractivity contribution in [2.45, 2.75) is 31.8 Å². The van der Waals surface area contributed by atoms with Gasteiger partial charge in [0.15, 0.2) is 0 Å². The second kappa shape index (κ2) is 3.63. The quantitative estimate of drug-likeness (QED) is 0.771. The molecular formula is C14H18N2.